The van der Waals surface area contributed by atoms with Crippen molar-refractivity contribution in [1.29, 1.82) is 0 Å². The Morgan fingerprint density at radius 2 is 2.07 bits per heavy atom. The standard InChI is InChI=1S/C10H19NO3S/c1-4-15-7-5-6-10(2,9(13)14)8(12)11-3/h4-7H2,1-3H3,(H,11,12)(H,13,14). The van der Waals surface area contributed by atoms with Crippen LogP contribution >= 0.6 is 11.8 Å². The average Bonchev–Trinajstić information content (AvgIpc) is 2.22. The quantitative estimate of drug-likeness (QED) is 0.514. The van der Waals surface area contributed by atoms with E-state index in [1.54, 1.807) is 11.8 Å². The van der Waals surface area contributed by atoms with E-state index in [9.17, 15) is 9.59 Å². The molecule has 1 unspecified atom stereocenters. The predicted molar refractivity (Wildman–Crippen MR) is 62.0 cm³/mol. The van der Waals surface area contributed by atoms with Gasteiger partial charge in [-0.25, -0.2) is 0 Å². The number of hydrogen-bond acceptors (Lipinski definition) is 3. The zero-order chi connectivity index (χ0) is 11.9. The number of amides is 1. The summed E-state index contributed by atoms with van der Waals surface area (Å²) in [5.41, 5.74) is -1.29. The first-order valence-corrected chi connectivity index (χ1v) is 6.17. The molecule has 0 bridgehead atoms. The van der Waals surface area contributed by atoms with Gasteiger partial charge in [-0.1, -0.05) is 6.92 Å². The first-order chi connectivity index (χ1) is 6.99. The minimum atomic E-state index is -1.29. The van der Waals surface area contributed by atoms with E-state index in [2.05, 4.69) is 12.2 Å². The van der Waals surface area contributed by atoms with Crippen LogP contribution in [0.25, 0.3) is 0 Å². The summed E-state index contributed by atoms with van der Waals surface area (Å²) in [7, 11) is 1.46. The molecule has 0 aliphatic heterocycles. The third-order valence-electron chi connectivity index (χ3n) is 2.37. The van der Waals surface area contributed by atoms with E-state index in [4.69, 9.17) is 5.11 Å². The van der Waals surface area contributed by atoms with E-state index in [0.29, 0.717) is 6.42 Å². The molecule has 0 aromatic heterocycles. The lowest BCUT2D eigenvalue weighted by molar-refractivity contribution is -0.155. The van der Waals surface area contributed by atoms with Gasteiger partial charge in [-0.2, -0.15) is 11.8 Å². The summed E-state index contributed by atoms with van der Waals surface area (Å²) < 4.78 is 0. The van der Waals surface area contributed by atoms with Crippen molar-refractivity contribution in [3.05, 3.63) is 0 Å². The molecule has 4 nitrogen and oxygen atoms in total. The summed E-state index contributed by atoms with van der Waals surface area (Å²) in [6.07, 6.45) is 1.13. The molecule has 15 heavy (non-hydrogen) atoms. The molecule has 2 N–H and O–H groups in total. The van der Waals surface area contributed by atoms with Crippen LogP contribution in [0.3, 0.4) is 0 Å². The molecule has 0 aliphatic rings. The Hall–Kier alpha value is -0.710. The Kier molecular flexibility index (Phi) is 6.40. The lowest BCUT2D eigenvalue weighted by atomic mass is 9.85. The van der Waals surface area contributed by atoms with E-state index in [0.717, 1.165) is 17.9 Å². The van der Waals surface area contributed by atoms with Crippen molar-refractivity contribution in [2.45, 2.75) is 26.7 Å². The molecule has 0 saturated heterocycles. The van der Waals surface area contributed by atoms with Gasteiger partial charge in [0.15, 0.2) is 0 Å². The van der Waals surface area contributed by atoms with Gasteiger partial charge in [0.1, 0.15) is 5.41 Å². The minimum absolute atomic E-state index is 0.384. The number of thioether (sulfide) groups is 1. The van der Waals surface area contributed by atoms with E-state index >= 15 is 0 Å². The Balaban J connectivity index is 4.27. The van der Waals surface area contributed by atoms with Crippen LogP contribution in [-0.4, -0.2) is 35.5 Å². The zero-order valence-electron chi connectivity index (χ0n) is 9.50. The van der Waals surface area contributed by atoms with Crippen molar-refractivity contribution in [3.63, 3.8) is 0 Å². The van der Waals surface area contributed by atoms with Crippen molar-refractivity contribution in [1.82, 2.24) is 5.32 Å². The van der Waals surface area contributed by atoms with Gasteiger partial charge in [0.25, 0.3) is 0 Å². The Morgan fingerprint density at radius 1 is 1.47 bits per heavy atom. The van der Waals surface area contributed by atoms with Gasteiger partial charge in [-0.05, 0) is 31.3 Å². The number of aliphatic carboxylic acids is 1. The third kappa shape index (κ3) is 4.11. The van der Waals surface area contributed by atoms with Crippen molar-refractivity contribution < 1.29 is 14.7 Å². The summed E-state index contributed by atoms with van der Waals surface area (Å²) in [6.45, 7) is 3.53. The second kappa shape index (κ2) is 6.71. The van der Waals surface area contributed by atoms with Crippen LogP contribution in [0, 0.1) is 5.41 Å². The van der Waals surface area contributed by atoms with E-state index in [1.165, 1.54) is 14.0 Å². The van der Waals surface area contributed by atoms with Crippen LogP contribution in [0.1, 0.15) is 26.7 Å². The van der Waals surface area contributed by atoms with Crippen LogP contribution in [0.2, 0.25) is 0 Å². The fourth-order valence-corrected chi connectivity index (χ4v) is 1.90. The van der Waals surface area contributed by atoms with Crippen molar-refractivity contribution in [2.75, 3.05) is 18.6 Å². The van der Waals surface area contributed by atoms with Gasteiger partial charge in [0, 0.05) is 7.05 Å². The second-order valence-corrected chi connectivity index (χ2v) is 4.91. The smallest absolute Gasteiger partial charge is 0.318 e. The molecule has 5 heteroatoms. The molecule has 0 saturated carbocycles. The molecule has 1 atom stereocenters. The number of hydrogen-bond donors (Lipinski definition) is 2. The van der Waals surface area contributed by atoms with E-state index in [1.807, 2.05) is 0 Å². The number of nitrogens with one attached hydrogen (secondary N) is 1. The van der Waals surface area contributed by atoms with Crippen molar-refractivity contribution >= 4 is 23.6 Å². The average molecular weight is 233 g/mol. The third-order valence-corrected chi connectivity index (χ3v) is 3.36. The van der Waals surface area contributed by atoms with Gasteiger partial charge < -0.3 is 10.4 Å². The minimum Gasteiger partial charge on any atom is -0.480 e. The van der Waals surface area contributed by atoms with Crippen molar-refractivity contribution in [2.24, 2.45) is 5.41 Å². The highest BCUT2D eigenvalue weighted by Gasteiger charge is 2.39. The van der Waals surface area contributed by atoms with Gasteiger partial charge in [-0.15, -0.1) is 0 Å². The van der Waals surface area contributed by atoms with Crippen molar-refractivity contribution in [3.8, 4) is 0 Å². The Morgan fingerprint density at radius 3 is 2.47 bits per heavy atom. The Labute approximate surface area is 94.8 Å². The van der Waals surface area contributed by atoms with E-state index < -0.39 is 17.3 Å². The summed E-state index contributed by atoms with van der Waals surface area (Å²) in [6, 6.07) is 0. The molecule has 0 rings (SSSR count). The molecule has 0 aromatic rings. The zero-order valence-corrected chi connectivity index (χ0v) is 10.3. The molecule has 0 aliphatic carbocycles. The van der Waals surface area contributed by atoms with Gasteiger partial charge >= 0.3 is 5.97 Å². The maximum atomic E-state index is 11.4. The molecule has 0 spiro atoms. The van der Waals surface area contributed by atoms with Gasteiger partial charge in [-0.3, -0.25) is 9.59 Å². The topological polar surface area (TPSA) is 66.4 Å². The highest BCUT2D eigenvalue weighted by atomic mass is 32.2. The fourth-order valence-electron chi connectivity index (χ4n) is 1.27. The summed E-state index contributed by atoms with van der Waals surface area (Å²) in [5, 5.41) is 11.4. The van der Waals surface area contributed by atoms with E-state index in [-0.39, 0.29) is 0 Å². The van der Waals surface area contributed by atoms with Crippen LogP contribution in [0.4, 0.5) is 0 Å². The van der Waals surface area contributed by atoms with Crippen LogP contribution in [0.5, 0.6) is 0 Å². The number of carboxylic acid groups (broad SMARTS) is 1. The highest BCUT2D eigenvalue weighted by Crippen LogP contribution is 2.25. The molecule has 0 fully saturated rings. The second-order valence-electron chi connectivity index (χ2n) is 3.52. The highest BCUT2D eigenvalue weighted by molar-refractivity contribution is 7.99. The lowest BCUT2D eigenvalue weighted by Crippen LogP contribution is -2.43. The monoisotopic (exact) mass is 233 g/mol. The SMILES string of the molecule is CCSCCCC(C)(C(=O)O)C(=O)NC. The first-order valence-electron chi connectivity index (χ1n) is 5.02. The summed E-state index contributed by atoms with van der Waals surface area (Å²) >= 11 is 1.76. The molecule has 1 amide bonds. The van der Waals surface area contributed by atoms with Gasteiger partial charge in [0.2, 0.25) is 5.91 Å². The maximum Gasteiger partial charge on any atom is 0.318 e. The van der Waals surface area contributed by atoms with Crippen LogP contribution in [-0.2, 0) is 9.59 Å². The normalized spacial score (nSPS) is 14.3. The summed E-state index contributed by atoms with van der Waals surface area (Å²) in [5.74, 6) is 0.444. The predicted octanol–water partition coefficient (Wildman–Crippen LogP) is 1.36. The van der Waals surface area contributed by atoms with Crippen LogP contribution < -0.4 is 5.32 Å². The Bertz CT molecular complexity index is 233. The molecular weight excluding hydrogens is 214 g/mol. The fraction of sp³-hybridized carbons (Fsp3) is 0.800. The largest absolute Gasteiger partial charge is 0.480 e. The molecule has 0 aromatic carbocycles. The number of carboxylic acids is 1. The first kappa shape index (κ1) is 14.3. The molecule has 0 heterocycles. The lowest BCUT2D eigenvalue weighted by Gasteiger charge is -2.22. The molecule has 88 valence electrons. The number of carbonyl (C=O) groups is 2. The molecular formula is C10H19NO3S. The van der Waals surface area contributed by atoms with Gasteiger partial charge in [0.05, 0.1) is 0 Å². The maximum absolute atomic E-state index is 11.4. The van der Waals surface area contributed by atoms with Crippen LogP contribution in [0.15, 0.2) is 0 Å². The number of carbonyl (C=O) groups excluding carboxylic acids is 1. The molecule has 0 radical (unpaired) electrons. The number of rotatable bonds is 7. The summed E-state index contributed by atoms with van der Waals surface area (Å²) in [4.78, 5) is 22.5.